The van der Waals surface area contributed by atoms with Gasteiger partial charge in [0.25, 0.3) is 5.69 Å². The second-order valence-electron chi connectivity index (χ2n) is 3.03. The third-order valence-corrected chi connectivity index (χ3v) is 2.76. The summed E-state index contributed by atoms with van der Waals surface area (Å²) in [4.78, 5) is 9.80. The Labute approximate surface area is 94.7 Å². The Hall–Kier alpha value is -1.31. The SMILES string of the molecule is COCCc1ccc([N+](=O)[O-])cc1S(=O)[O-]. The van der Waals surface area contributed by atoms with Crippen molar-refractivity contribution >= 4 is 16.8 Å². The van der Waals surface area contributed by atoms with Gasteiger partial charge in [-0.15, -0.1) is 0 Å². The molecule has 0 aliphatic rings. The zero-order chi connectivity index (χ0) is 12.1. The van der Waals surface area contributed by atoms with Gasteiger partial charge in [0.05, 0.1) is 11.5 Å². The van der Waals surface area contributed by atoms with Crippen LogP contribution in [0, 0.1) is 10.1 Å². The Balaban J connectivity index is 3.09. The van der Waals surface area contributed by atoms with E-state index in [2.05, 4.69) is 0 Å². The van der Waals surface area contributed by atoms with Crippen molar-refractivity contribution in [3.63, 3.8) is 0 Å². The van der Waals surface area contributed by atoms with Crippen LogP contribution in [-0.2, 0) is 22.2 Å². The van der Waals surface area contributed by atoms with Crippen molar-refractivity contribution in [1.29, 1.82) is 0 Å². The van der Waals surface area contributed by atoms with E-state index in [1.165, 1.54) is 19.2 Å². The van der Waals surface area contributed by atoms with Gasteiger partial charge in [0.15, 0.2) is 0 Å². The van der Waals surface area contributed by atoms with Gasteiger partial charge >= 0.3 is 0 Å². The summed E-state index contributed by atoms with van der Waals surface area (Å²) in [5.41, 5.74) is 0.279. The fourth-order valence-electron chi connectivity index (χ4n) is 1.23. The van der Waals surface area contributed by atoms with Gasteiger partial charge in [-0.05, 0) is 23.1 Å². The number of rotatable bonds is 5. The summed E-state index contributed by atoms with van der Waals surface area (Å²) in [5.74, 6) is 0. The molecule has 1 rings (SSSR count). The minimum absolute atomic E-state index is 0.0498. The molecule has 88 valence electrons. The minimum Gasteiger partial charge on any atom is -0.768 e. The molecule has 0 amide bonds. The first kappa shape index (κ1) is 12.8. The van der Waals surface area contributed by atoms with Gasteiger partial charge in [0.2, 0.25) is 0 Å². The van der Waals surface area contributed by atoms with Crippen LogP contribution in [0.3, 0.4) is 0 Å². The van der Waals surface area contributed by atoms with Crippen molar-refractivity contribution in [2.45, 2.75) is 11.3 Å². The summed E-state index contributed by atoms with van der Waals surface area (Å²) in [6.45, 7) is 0.363. The van der Waals surface area contributed by atoms with E-state index in [0.29, 0.717) is 18.6 Å². The monoisotopic (exact) mass is 244 g/mol. The second kappa shape index (κ2) is 5.69. The zero-order valence-corrected chi connectivity index (χ0v) is 9.36. The number of nitro benzene ring substituents is 1. The lowest BCUT2D eigenvalue weighted by Gasteiger charge is -2.11. The maximum absolute atomic E-state index is 10.9. The molecule has 1 unspecified atom stereocenters. The molecule has 0 heterocycles. The number of hydrogen-bond acceptors (Lipinski definition) is 5. The minimum atomic E-state index is -2.48. The van der Waals surface area contributed by atoms with Crippen molar-refractivity contribution in [3.8, 4) is 0 Å². The molecule has 0 spiro atoms. The van der Waals surface area contributed by atoms with Crippen molar-refractivity contribution in [2.75, 3.05) is 13.7 Å². The number of benzene rings is 1. The van der Waals surface area contributed by atoms with Crippen molar-refractivity contribution in [2.24, 2.45) is 0 Å². The van der Waals surface area contributed by atoms with Gasteiger partial charge in [0, 0.05) is 24.1 Å². The molecule has 0 aliphatic heterocycles. The van der Waals surface area contributed by atoms with Crippen molar-refractivity contribution in [1.82, 2.24) is 0 Å². The molecule has 0 radical (unpaired) electrons. The molecule has 0 saturated heterocycles. The topological polar surface area (TPSA) is 92.5 Å². The zero-order valence-electron chi connectivity index (χ0n) is 8.54. The van der Waals surface area contributed by atoms with Gasteiger partial charge in [-0.1, -0.05) is 6.07 Å². The van der Waals surface area contributed by atoms with E-state index in [9.17, 15) is 18.9 Å². The highest BCUT2D eigenvalue weighted by Gasteiger charge is 2.11. The summed E-state index contributed by atoms with van der Waals surface area (Å²) < 4.78 is 26.6. The highest BCUT2D eigenvalue weighted by atomic mass is 32.2. The largest absolute Gasteiger partial charge is 0.768 e. The van der Waals surface area contributed by atoms with Gasteiger partial charge < -0.3 is 9.29 Å². The molecular formula is C9H10NO5S-. The fourth-order valence-corrected chi connectivity index (χ4v) is 1.83. The summed E-state index contributed by atoms with van der Waals surface area (Å²) in [7, 11) is 1.50. The van der Waals surface area contributed by atoms with Crippen LogP contribution in [0.15, 0.2) is 23.1 Å². The molecule has 0 N–H and O–H groups in total. The third-order valence-electron chi connectivity index (χ3n) is 2.02. The van der Waals surface area contributed by atoms with Crippen LogP contribution in [-0.4, -0.2) is 27.4 Å². The van der Waals surface area contributed by atoms with Gasteiger partial charge in [0.1, 0.15) is 0 Å². The molecule has 0 saturated carbocycles. The van der Waals surface area contributed by atoms with Crippen LogP contribution in [0.5, 0.6) is 0 Å². The number of hydrogen-bond donors (Lipinski definition) is 0. The number of nitro groups is 1. The highest BCUT2D eigenvalue weighted by Crippen LogP contribution is 2.20. The predicted molar refractivity (Wildman–Crippen MR) is 55.9 cm³/mol. The van der Waals surface area contributed by atoms with E-state index < -0.39 is 16.0 Å². The van der Waals surface area contributed by atoms with Crippen molar-refractivity contribution in [3.05, 3.63) is 33.9 Å². The molecular weight excluding hydrogens is 234 g/mol. The Bertz CT molecular complexity index is 420. The Morgan fingerprint density at radius 3 is 2.69 bits per heavy atom. The van der Waals surface area contributed by atoms with Crippen LogP contribution in [0.25, 0.3) is 0 Å². The Morgan fingerprint density at radius 2 is 2.19 bits per heavy atom. The molecule has 0 fully saturated rings. The van der Waals surface area contributed by atoms with Crippen molar-refractivity contribution < 1.29 is 18.4 Å². The molecule has 7 heteroatoms. The molecule has 1 aromatic carbocycles. The Kier molecular flexibility index (Phi) is 4.53. The number of methoxy groups -OCH3 is 1. The average molecular weight is 244 g/mol. The fraction of sp³-hybridized carbons (Fsp3) is 0.333. The van der Waals surface area contributed by atoms with E-state index in [1.54, 1.807) is 0 Å². The standard InChI is InChI=1S/C9H11NO5S/c1-15-5-4-7-2-3-8(10(11)12)6-9(7)16(13)14/h2-3,6H,4-5H2,1H3,(H,13,14)/p-1. The van der Waals surface area contributed by atoms with E-state index in [-0.39, 0.29) is 10.6 Å². The molecule has 1 atom stereocenters. The van der Waals surface area contributed by atoms with Gasteiger partial charge in [-0.3, -0.25) is 14.3 Å². The molecule has 0 bridgehead atoms. The predicted octanol–water partition coefficient (Wildman–Crippen LogP) is 1.02. The lowest BCUT2D eigenvalue weighted by molar-refractivity contribution is -0.385. The smallest absolute Gasteiger partial charge is 0.270 e. The quantitative estimate of drug-likeness (QED) is 0.438. The number of ether oxygens (including phenoxy) is 1. The summed E-state index contributed by atoms with van der Waals surface area (Å²) in [6.07, 6.45) is 0.401. The molecule has 16 heavy (non-hydrogen) atoms. The maximum atomic E-state index is 10.9. The molecule has 0 aromatic heterocycles. The van der Waals surface area contributed by atoms with Crippen LogP contribution in [0.2, 0.25) is 0 Å². The van der Waals surface area contributed by atoms with Gasteiger partial charge in [-0.25, -0.2) is 0 Å². The maximum Gasteiger partial charge on any atom is 0.270 e. The molecule has 0 aliphatic carbocycles. The lowest BCUT2D eigenvalue weighted by Crippen LogP contribution is -2.02. The van der Waals surface area contributed by atoms with Gasteiger partial charge in [-0.2, -0.15) is 0 Å². The van der Waals surface area contributed by atoms with Crippen LogP contribution < -0.4 is 0 Å². The summed E-state index contributed by atoms with van der Waals surface area (Å²) in [5, 5.41) is 10.5. The first-order chi connectivity index (χ1) is 7.56. The van der Waals surface area contributed by atoms with E-state index >= 15 is 0 Å². The third kappa shape index (κ3) is 3.09. The van der Waals surface area contributed by atoms with E-state index in [4.69, 9.17) is 4.74 Å². The summed E-state index contributed by atoms with van der Waals surface area (Å²) >= 11 is -2.48. The first-order valence-electron chi connectivity index (χ1n) is 4.41. The Morgan fingerprint density at radius 1 is 1.50 bits per heavy atom. The van der Waals surface area contributed by atoms with Crippen LogP contribution >= 0.6 is 0 Å². The first-order valence-corrected chi connectivity index (χ1v) is 5.49. The number of non-ortho nitro benzene ring substituents is 1. The number of nitrogens with zero attached hydrogens (tertiary/aromatic N) is 1. The second-order valence-corrected chi connectivity index (χ2v) is 3.94. The lowest BCUT2D eigenvalue weighted by atomic mass is 10.1. The average Bonchev–Trinajstić information content (AvgIpc) is 2.25. The van der Waals surface area contributed by atoms with E-state index in [0.717, 1.165) is 6.07 Å². The molecule has 1 aromatic rings. The normalized spacial score (nSPS) is 12.4. The summed E-state index contributed by atoms with van der Waals surface area (Å²) in [6, 6.07) is 3.76. The highest BCUT2D eigenvalue weighted by molar-refractivity contribution is 7.79. The van der Waals surface area contributed by atoms with Crippen LogP contribution in [0.4, 0.5) is 5.69 Å². The van der Waals surface area contributed by atoms with E-state index in [1.807, 2.05) is 0 Å². The molecule has 6 nitrogen and oxygen atoms in total. The van der Waals surface area contributed by atoms with Crippen LogP contribution in [0.1, 0.15) is 5.56 Å².